The maximum Gasteiger partial charge on any atom is 0.306 e. The maximum atomic E-state index is 13.3. The van der Waals surface area contributed by atoms with Crippen LogP contribution in [0.1, 0.15) is 156 Å². The summed E-state index contributed by atoms with van der Waals surface area (Å²) in [5, 5.41) is 53.9. The maximum absolute atomic E-state index is 13.3. The number of carbonyl (C=O) groups is 3. The molecule has 0 spiro atoms. The molecule has 9 nitrogen and oxygen atoms in total. The van der Waals surface area contributed by atoms with E-state index in [1.54, 1.807) is 0 Å². The van der Waals surface area contributed by atoms with Crippen molar-refractivity contribution in [1.82, 2.24) is 0 Å². The van der Waals surface area contributed by atoms with Gasteiger partial charge < -0.3 is 30.3 Å². The summed E-state index contributed by atoms with van der Waals surface area (Å²) in [5.41, 5.74) is -2.91. The third kappa shape index (κ3) is 15.9. The Bertz CT molecular complexity index is 714. The first-order valence-corrected chi connectivity index (χ1v) is 16.7. The van der Waals surface area contributed by atoms with Crippen molar-refractivity contribution in [3.8, 4) is 0 Å². The lowest BCUT2D eigenvalue weighted by molar-refractivity contribution is -0.212. The van der Waals surface area contributed by atoms with E-state index in [9.17, 15) is 39.9 Å². The van der Waals surface area contributed by atoms with Crippen LogP contribution >= 0.6 is 0 Å². The number of hydrogen-bond acceptors (Lipinski definition) is 9. The summed E-state index contributed by atoms with van der Waals surface area (Å²) in [5.74, 6) is -2.40. The van der Waals surface area contributed by atoms with Gasteiger partial charge in [0.25, 0.3) is 0 Å². The zero-order valence-electron chi connectivity index (χ0n) is 26.7. The van der Waals surface area contributed by atoms with Gasteiger partial charge in [-0.05, 0) is 19.3 Å². The Kier molecular flexibility index (Phi) is 24.2. The van der Waals surface area contributed by atoms with Crippen molar-refractivity contribution < 1.29 is 44.7 Å². The van der Waals surface area contributed by atoms with Crippen LogP contribution in [0.15, 0.2) is 0 Å². The molecule has 0 aliphatic carbocycles. The van der Waals surface area contributed by atoms with Crippen LogP contribution in [0.3, 0.4) is 0 Å². The summed E-state index contributed by atoms with van der Waals surface area (Å²) in [6.45, 7) is 5.31. The number of aliphatic hydroxyl groups is 5. The normalized spacial score (nSPS) is 15.9. The van der Waals surface area contributed by atoms with Gasteiger partial charge in [-0.2, -0.15) is 0 Å². The van der Waals surface area contributed by atoms with E-state index in [1.165, 1.54) is 0 Å². The number of carbonyl (C=O) groups excluding carboxylic acids is 3. The molecule has 0 amide bonds. The Morgan fingerprint density at radius 3 is 1.48 bits per heavy atom. The van der Waals surface area contributed by atoms with Crippen LogP contribution in [0.25, 0.3) is 0 Å². The highest BCUT2D eigenvalue weighted by atomic mass is 16.6. The van der Waals surface area contributed by atoms with E-state index in [2.05, 4.69) is 20.8 Å². The van der Waals surface area contributed by atoms with E-state index in [0.29, 0.717) is 25.7 Å². The molecule has 0 saturated heterocycles. The van der Waals surface area contributed by atoms with E-state index in [1.807, 2.05) is 0 Å². The Hall–Kier alpha value is -1.39. The topological polar surface area (TPSA) is 162 Å². The van der Waals surface area contributed by atoms with E-state index >= 15 is 0 Å². The predicted molar refractivity (Wildman–Crippen MR) is 164 cm³/mol. The zero-order chi connectivity index (χ0) is 31.8. The second-order valence-corrected chi connectivity index (χ2v) is 11.8. The molecule has 5 atom stereocenters. The highest BCUT2D eigenvalue weighted by molar-refractivity contribution is 5.89. The number of unbranched alkanes of at least 4 members (excludes halogenated alkanes) is 15. The predicted octanol–water partition coefficient (Wildman–Crippen LogP) is 5.09. The Morgan fingerprint density at radius 2 is 1.02 bits per heavy atom. The number of ether oxygens (including phenoxy) is 1. The number of esters is 1. The van der Waals surface area contributed by atoms with Crippen molar-refractivity contribution >= 4 is 17.5 Å². The van der Waals surface area contributed by atoms with Gasteiger partial charge in [0.05, 0.1) is 6.61 Å². The Morgan fingerprint density at radius 1 is 0.619 bits per heavy atom. The molecule has 0 fully saturated rings. The summed E-state index contributed by atoms with van der Waals surface area (Å²) >= 11 is 0. The quantitative estimate of drug-likeness (QED) is 0.0580. The minimum Gasteiger partial charge on any atom is -0.456 e. The summed E-state index contributed by atoms with van der Waals surface area (Å²) in [6.07, 6.45) is 7.35. The van der Waals surface area contributed by atoms with Crippen LogP contribution in [0.2, 0.25) is 0 Å². The number of rotatable bonds is 29. The van der Waals surface area contributed by atoms with Gasteiger partial charge in [-0.1, -0.05) is 117 Å². The van der Waals surface area contributed by atoms with Crippen molar-refractivity contribution in [2.45, 2.75) is 186 Å². The molecule has 0 aliphatic rings. The third-order valence-electron chi connectivity index (χ3n) is 8.07. The molecule has 0 radical (unpaired) electrons. The first kappa shape index (κ1) is 40.6. The first-order chi connectivity index (χ1) is 20.1. The SMILES string of the molecule is CCCCCCCCC(=O)O[C@H](CO)[C@](O)(C(=O)CCCCCCCC)[C@H](O)[C@@H](O)C(O)C(=O)CCCCCCCC. The smallest absolute Gasteiger partial charge is 0.306 e. The van der Waals surface area contributed by atoms with Gasteiger partial charge in [-0.25, -0.2) is 0 Å². The number of ketones is 2. The van der Waals surface area contributed by atoms with Gasteiger partial charge in [-0.3, -0.25) is 14.4 Å². The first-order valence-electron chi connectivity index (χ1n) is 16.7. The van der Waals surface area contributed by atoms with Gasteiger partial charge in [0, 0.05) is 19.3 Å². The zero-order valence-corrected chi connectivity index (χ0v) is 26.7. The highest BCUT2D eigenvalue weighted by Crippen LogP contribution is 2.28. The molecule has 0 rings (SSSR count). The molecule has 248 valence electrons. The summed E-state index contributed by atoms with van der Waals surface area (Å²) < 4.78 is 5.30. The lowest BCUT2D eigenvalue weighted by Gasteiger charge is -2.39. The molecule has 5 N–H and O–H groups in total. The molecular weight excluding hydrogens is 540 g/mol. The number of hydrogen-bond donors (Lipinski definition) is 5. The van der Waals surface area contributed by atoms with Gasteiger partial charge in [-0.15, -0.1) is 0 Å². The lowest BCUT2D eigenvalue weighted by atomic mass is 9.79. The minimum absolute atomic E-state index is 0.00232. The average Bonchev–Trinajstić information content (AvgIpc) is 2.99. The van der Waals surface area contributed by atoms with Crippen LogP contribution in [0, 0.1) is 0 Å². The van der Waals surface area contributed by atoms with Crippen molar-refractivity contribution in [3.05, 3.63) is 0 Å². The molecular formula is C33H62O9. The lowest BCUT2D eigenvalue weighted by Crippen LogP contribution is -2.66. The van der Waals surface area contributed by atoms with Gasteiger partial charge in [0.15, 0.2) is 23.3 Å². The molecule has 0 aliphatic heterocycles. The standard InChI is InChI=1S/C33H62O9/c1-4-7-10-13-16-19-22-26(35)30(38)31(39)32(40)33(41,27(36)23-20-17-14-11-8-5-2)28(25-34)42-29(37)24-21-18-15-12-9-6-3/h28,30-32,34,38-41H,4-25H2,1-3H3/t28-,30?,31+,32-,33-/m1/s1. The second kappa shape index (κ2) is 25.0. The van der Waals surface area contributed by atoms with Crippen molar-refractivity contribution in [2.24, 2.45) is 0 Å². The molecule has 42 heavy (non-hydrogen) atoms. The van der Waals surface area contributed by atoms with Crippen LogP contribution in [-0.2, 0) is 19.1 Å². The van der Waals surface area contributed by atoms with Gasteiger partial charge in [0.2, 0.25) is 0 Å². The largest absolute Gasteiger partial charge is 0.456 e. The fourth-order valence-electron chi connectivity index (χ4n) is 5.19. The third-order valence-corrected chi connectivity index (χ3v) is 8.07. The van der Waals surface area contributed by atoms with Crippen LogP contribution in [0.5, 0.6) is 0 Å². The van der Waals surface area contributed by atoms with Crippen LogP contribution in [-0.4, -0.2) is 79.7 Å². The van der Waals surface area contributed by atoms with Crippen molar-refractivity contribution in [3.63, 3.8) is 0 Å². The van der Waals surface area contributed by atoms with Crippen molar-refractivity contribution in [1.29, 1.82) is 0 Å². The molecule has 0 aromatic rings. The molecule has 0 bridgehead atoms. The number of Topliss-reactive ketones (excluding diaryl/α,β-unsaturated/α-hetero) is 2. The van der Waals surface area contributed by atoms with E-state index in [4.69, 9.17) is 4.74 Å². The molecule has 1 unspecified atom stereocenters. The summed E-state index contributed by atoms with van der Waals surface area (Å²) in [4.78, 5) is 38.5. The fraction of sp³-hybridized carbons (Fsp3) is 0.909. The molecule has 0 aromatic carbocycles. The minimum atomic E-state index is -2.91. The Labute approximate surface area is 254 Å². The number of aliphatic hydroxyl groups excluding tert-OH is 4. The highest BCUT2D eigenvalue weighted by Gasteiger charge is 2.55. The fourth-order valence-corrected chi connectivity index (χ4v) is 5.19. The monoisotopic (exact) mass is 602 g/mol. The van der Waals surface area contributed by atoms with E-state index in [-0.39, 0.29) is 19.3 Å². The molecule has 9 heteroatoms. The van der Waals surface area contributed by atoms with E-state index in [0.717, 1.165) is 89.9 Å². The summed E-state index contributed by atoms with van der Waals surface area (Å²) in [7, 11) is 0. The second-order valence-electron chi connectivity index (χ2n) is 11.8. The average molecular weight is 603 g/mol. The molecule has 0 heterocycles. The van der Waals surface area contributed by atoms with Crippen molar-refractivity contribution in [2.75, 3.05) is 6.61 Å². The van der Waals surface area contributed by atoms with Gasteiger partial charge in [0.1, 0.15) is 18.3 Å². The van der Waals surface area contributed by atoms with Crippen LogP contribution < -0.4 is 0 Å². The Balaban J connectivity index is 5.50. The van der Waals surface area contributed by atoms with Crippen LogP contribution in [0.4, 0.5) is 0 Å². The molecule has 0 aromatic heterocycles. The molecule has 0 saturated carbocycles. The van der Waals surface area contributed by atoms with Gasteiger partial charge >= 0.3 is 5.97 Å². The van der Waals surface area contributed by atoms with E-state index < -0.39 is 54.2 Å². The summed E-state index contributed by atoms with van der Waals surface area (Å²) in [6, 6.07) is 0.